The molecule has 25 heavy (non-hydrogen) atoms. The van der Waals surface area contributed by atoms with Crippen LogP contribution in [-0.2, 0) is 6.54 Å². The molecule has 7 nitrogen and oxygen atoms in total. The molecule has 0 saturated heterocycles. The van der Waals surface area contributed by atoms with Crippen molar-refractivity contribution in [3.8, 4) is 0 Å². The molecule has 3 rings (SSSR count). The van der Waals surface area contributed by atoms with Crippen LogP contribution in [0.3, 0.4) is 0 Å². The van der Waals surface area contributed by atoms with Crippen LogP contribution in [0.4, 0.5) is 0 Å². The summed E-state index contributed by atoms with van der Waals surface area (Å²) in [5.74, 6) is -0.569. The lowest BCUT2D eigenvalue weighted by Crippen LogP contribution is -2.24. The quantitative estimate of drug-likeness (QED) is 0.641. The predicted molar refractivity (Wildman–Crippen MR) is 94.1 cm³/mol. The highest BCUT2D eigenvalue weighted by molar-refractivity contribution is 5.96. The van der Waals surface area contributed by atoms with E-state index in [-0.39, 0.29) is 5.91 Å². The number of rotatable bonds is 7. The standard InChI is InChI=1S/C18H19N5O2/c19-17(24)13-5-6-16-15(10-13)22-12-23(16)9-2-1-8-21-18(25)14-4-3-7-20-11-14/h3-7,10-12H,1-2,8-9H2,(H2,19,24)(H,21,25). The normalized spacial score (nSPS) is 10.7. The van der Waals surface area contributed by atoms with Gasteiger partial charge in [-0.25, -0.2) is 4.98 Å². The van der Waals surface area contributed by atoms with Gasteiger partial charge in [-0.2, -0.15) is 0 Å². The summed E-state index contributed by atoms with van der Waals surface area (Å²) in [4.78, 5) is 31.3. The minimum absolute atomic E-state index is 0.111. The van der Waals surface area contributed by atoms with Gasteiger partial charge in [-0.15, -0.1) is 0 Å². The highest BCUT2D eigenvalue weighted by Crippen LogP contribution is 2.15. The van der Waals surface area contributed by atoms with Gasteiger partial charge in [-0.3, -0.25) is 14.6 Å². The largest absolute Gasteiger partial charge is 0.366 e. The summed E-state index contributed by atoms with van der Waals surface area (Å²) in [5, 5.41) is 2.88. The van der Waals surface area contributed by atoms with Crippen molar-refractivity contribution in [1.29, 1.82) is 0 Å². The number of hydrogen-bond acceptors (Lipinski definition) is 4. The zero-order valence-corrected chi connectivity index (χ0v) is 13.7. The summed E-state index contributed by atoms with van der Waals surface area (Å²) in [7, 11) is 0. The van der Waals surface area contributed by atoms with E-state index >= 15 is 0 Å². The molecule has 7 heteroatoms. The molecule has 0 atom stereocenters. The Morgan fingerprint density at radius 1 is 1.16 bits per heavy atom. The number of amides is 2. The van der Waals surface area contributed by atoms with Gasteiger partial charge in [0.1, 0.15) is 0 Å². The van der Waals surface area contributed by atoms with Gasteiger partial charge in [0.25, 0.3) is 5.91 Å². The second-order valence-electron chi connectivity index (χ2n) is 5.71. The second-order valence-corrected chi connectivity index (χ2v) is 5.71. The third-order valence-corrected chi connectivity index (χ3v) is 3.94. The van der Waals surface area contributed by atoms with Crippen molar-refractivity contribution in [1.82, 2.24) is 19.9 Å². The zero-order valence-electron chi connectivity index (χ0n) is 13.7. The van der Waals surface area contributed by atoms with E-state index in [1.54, 1.807) is 43.0 Å². The van der Waals surface area contributed by atoms with Crippen LogP contribution in [0.25, 0.3) is 11.0 Å². The molecule has 2 heterocycles. The van der Waals surface area contributed by atoms with Crippen molar-refractivity contribution in [3.63, 3.8) is 0 Å². The summed E-state index contributed by atoms with van der Waals surface area (Å²) < 4.78 is 2.03. The van der Waals surface area contributed by atoms with Gasteiger partial charge in [0.15, 0.2) is 0 Å². The zero-order chi connectivity index (χ0) is 17.6. The molecule has 0 aliphatic rings. The Morgan fingerprint density at radius 3 is 2.80 bits per heavy atom. The molecule has 2 amide bonds. The van der Waals surface area contributed by atoms with Crippen molar-refractivity contribution in [2.45, 2.75) is 19.4 Å². The van der Waals surface area contributed by atoms with Crippen molar-refractivity contribution in [2.24, 2.45) is 5.73 Å². The maximum absolute atomic E-state index is 11.9. The van der Waals surface area contributed by atoms with Crippen molar-refractivity contribution < 1.29 is 9.59 Å². The number of nitrogens with one attached hydrogen (secondary N) is 1. The lowest BCUT2D eigenvalue weighted by molar-refractivity contribution is 0.0951. The second kappa shape index (κ2) is 7.57. The molecular formula is C18H19N5O2. The summed E-state index contributed by atoms with van der Waals surface area (Å²) in [5.41, 5.74) is 8.01. The van der Waals surface area contributed by atoms with Crippen LogP contribution >= 0.6 is 0 Å². The van der Waals surface area contributed by atoms with E-state index in [1.165, 1.54) is 0 Å². The Bertz CT molecular complexity index is 889. The molecule has 1 aromatic carbocycles. The Kier molecular flexibility index (Phi) is 5.03. The number of nitrogens with two attached hydrogens (primary N) is 1. The summed E-state index contributed by atoms with van der Waals surface area (Å²) in [6.45, 7) is 1.39. The maximum atomic E-state index is 11.9. The Hall–Kier alpha value is -3.22. The van der Waals surface area contributed by atoms with Gasteiger partial charge in [-0.05, 0) is 43.2 Å². The summed E-state index contributed by atoms with van der Waals surface area (Å²) in [6, 6.07) is 8.73. The first kappa shape index (κ1) is 16.6. The molecule has 0 saturated carbocycles. The SMILES string of the molecule is NC(=O)c1ccc2c(c1)ncn2CCCCNC(=O)c1cccnc1. The first-order chi connectivity index (χ1) is 12.1. The van der Waals surface area contributed by atoms with Crippen molar-refractivity contribution in [2.75, 3.05) is 6.54 Å². The lowest BCUT2D eigenvalue weighted by Gasteiger charge is -2.06. The van der Waals surface area contributed by atoms with Gasteiger partial charge in [-0.1, -0.05) is 0 Å². The van der Waals surface area contributed by atoms with Gasteiger partial charge in [0.2, 0.25) is 5.91 Å². The number of unbranched alkanes of at least 4 members (excludes halogenated alkanes) is 1. The van der Waals surface area contributed by atoms with Gasteiger partial charge in [0.05, 0.1) is 22.9 Å². The van der Waals surface area contributed by atoms with Gasteiger partial charge < -0.3 is 15.6 Å². The van der Waals surface area contributed by atoms with E-state index in [0.29, 0.717) is 17.7 Å². The van der Waals surface area contributed by atoms with Crippen LogP contribution in [0.15, 0.2) is 49.1 Å². The monoisotopic (exact) mass is 337 g/mol. The predicted octanol–water partition coefficient (Wildman–Crippen LogP) is 1.74. The van der Waals surface area contributed by atoms with Gasteiger partial charge >= 0.3 is 0 Å². The number of carbonyl (C=O) groups is 2. The minimum atomic E-state index is -0.458. The van der Waals surface area contributed by atoms with Crippen LogP contribution in [0.2, 0.25) is 0 Å². The number of imidazole rings is 1. The average molecular weight is 337 g/mol. The fourth-order valence-electron chi connectivity index (χ4n) is 2.60. The molecular weight excluding hydrogens is 318 g/mol. The number of aromatic nitrogens is 3. The number of benzene rings is 1. The summed E-state index contributed by atoms with van der Waals surface area (Å²) in [6.07, 6.45) is 6.69. The molecule has 0 aliphatic carbocycles. The van der Waals surface area contributed by atoms with Crippen molar-refractivity contribution >= 4 is 22.8 Å². The molecule has 0 radical (unpaired) electrons. The Labute approximate surface area is 144 Å². The number of primary amides is 1. The topological polar surface area (TPSA) is 103 Å². The number of nitrogens with zero attached hydrogens (tertiary/aromatic N) is 3. The van der Waals surface area contributed by atoms with Crippen LogP contribution in [0.5, 0.6) is 0 Å². The maximum Gasteiger partial charge on any atom is 0.252 e. The minimum Gasteiger partial charge on any atom is -0.366 e. The molecule has 0 fully saturated rings. The Balaban J connectivity index is 1.49. The van der Waals surface area contributed by atoms with E-state index in [1.807, 2.05) is 10.6 Å². The first-order valence-corrected chi connectivity index (χ1v) is 8.08. The number of pyridine rings is 1. The molecule has 0 bridgehead atoms. The highest BCUT2D eigenvalue weighted by Gasteiger charge is 2.07. The fourth-order valence-corrected chi connectivity index (χ4v) is 2.60. The average Bonchev–Trinajstić information content (AvgIpc) is 3.04. The van der Waals surface area contributed by atoms with E-state index in [2.05, 4.69) is 15.3 Å². The van der Waals surface area contributed by atoms with Crippen LogP contribution in [0.1, 0.15) is 33.6 Å². The summed E-state index contributed by atoms with van der Waals surface area (Å²) >= 11 is 0. The molecule has 0 unspecified atom stereocenters. The third-order valence-electron chi connectivity index (χ3n) is 3.94. The number of carbonyl (C=O) groups excluding carboxylic acids is 2. The number of aryl methyl sites for hydroxylation is 1. The van der Waals surface area contributed by atoms with Crippen LogP contribution in [0, 0.1) is 0 Å². The molecule has 128 valence electrons. The van der Waals surface area contributed by atoms with E-state index in [4.69, 9.17) is 5.73 Å². The molecule has 3 N–H and O–H groups in total. The van der Waals surface area contributed by atoms with Gasteiger partial charge in [0, 0.05) is 31.0 Å². The molecule has 0 aliphatic heterocycles. The fraction of sp³-hybridized carbons (Fsp3) is 0.222. The molecule has 2 aromatic heterocycles. The highest BCUT2D eigenvalue weighted by atomic mass is 16.2. The third kappa shape index (κ3) is 4.00. The smallest absolute Gasteiger partial charge is 0.252 e. The first-order valence-electron chi connectivity index (χ1n) is 8.08. The number of hydrogen-bond donors (Lipinski definition) is 2. The van der Waals surface area contributed by atoms with E-state index in [0.717, 1.165) is 30.4 Å². The van der Waals surface area contributed by atoms with Crippen molar-refractivity contribution in [3.05, 3.63) is 60.2 Å². The molecule has 3 aromatic rings. The van der Waals surface area contributed by atoms with E-state index in [9.17, 15) is 9.59 Å². The van der Waals surface area contributed by atoms with E-state index < -0.39 is 5.91 Å². The van der Waals surface area contributed by atoms with Crippen LogP contribution in [-0.4, -0.2) is 32.9 Å². The Morgan fingerprint density at radius 2 is 2.04 bits per heavy atom. The van der Waals surface area contributed by atoms with Crippen LogP contribution < -0.4 is 11.1 Å². The molecule has 0 spiro atoms. The number of fused-ring (bicyclic) bond motifs is 1. The lowest BCUT2D eigenvalue weighted by atomic mass is 10.2.